The van der Waals surface area contributed by atoms with Crippen molar-refractivity contribution >= 4 is 17.3 Å². The van der Waals surface area contributed by atoms with Crippen molar-refractivity contribution in [2.75, 3.05) is 23.3 Å². The maximum atomic E-state index is 11.6. The summed E-state index contributed by atoms with van der Waals surface area (Å²) in [6.07, 6.45) is 3.81. The lowest BCUT2D eigenvalue weighted by Gasteiger charge is -2.33. The molecule has 19 heavy (non-hydrogen) atoms. The fraction of sp³-hybridized carbons (Fsp3) is 0.533. The highest BCUT2D eigenvalue weighted by Gasteiger charge is 2.28. The summed E-state index contributed by atoms with van der Waals surface area (Å²) in [7, 11) is 0. The van der Waals surface area contributed by atoms with E-state index in [0.717, 1.165) is 30.3 Å². The topological polar surface area (TPSA) is 58.4 Å². The van der Waals surface area contributed by atoms with Crippen molar-refractivity contribution < 1.29 is 4.79 Å². The Bertz CT molecular complexity index is 492. The number of fused-ring (bicyclic) bond motifs is 1. The molecular weight excluding hydrogens is 238 g/mol. The molecule has 0 radical (unpaired) electrons. The van der Waals surface area contributed by atoms with Crippen molar-refractivity contribution in [2.24, 2.45) is 11.7 Å². The van der Waals surface area contributed by atoms with Crippen molar-refractivity contribution in [2.45, 2.75) is 32.2 Å². The Hall–Kier alpha value is -1.55. The standard InChI is InChI=1S/C15H21N3O/c1-2-10-5-7-18(8-6-10)11-3-4-12-13(9-11)17-15(19)14(12)16/h3-4,9-10,14H,2,5-8,16H2,1H3,(H,17,19). The van der Waals surface area contributed by atoms with Gasteiger partial charge in [-0.15, -0.1) is 0 Å². The molecule has 4 nitrogen and oxygen atoms in total. The van der Waals surface area contributed by atoms with Crippen molar-refractivity contribution in [3.8, 4) is 0 Å². The van der Waals surface area contributed by atoms with Crippen molar-refractivity contribution in [3.63, 3.8) is 0 Å². The minimum atomic E-state index is -0.505. The maximum Gasteiger partial charge on any atom is 0.245 e. The van der Waals surface area contributed by atoms with E-state index in [2.05, 4.69) is 29.3 Å². The van der Waals surface area contributed by atoms with Crippen molar-refractivity contribution in [1.82, 2.24) is 0 Å². The normalized spacial score (nSPS) is 23.4. The quantitative estimate of drug-likeness (QED) is 0.856. The molecule has 1 aromatic carbocycles. The Morgan fingerprint density at radius 1 is 1.37 bits per heavy atom. The molecule has 3 N–H and O–H groups in total. The molecule has 2 heterocycles. The van der Waals surface area contributed by atoms with Gasteiger partial charge in [-0.25, -0.2) is 0 Å². The fourth-order valence-electron chi connectivity index (χ4n) is 3.07. The van der Waals surface area contributed by atoms with E-state index in [1.807, 2.05) is 6.07 Å². The number of nitrogens with one attached hydrogen (secondary N) is 1. The summed E-state index contributed by atoms with van der Waals surface area (Å²) in [4.78, 5) is 14.0. The predicted octanol–water partition coefficient (Wildman–Crippen LogP) is 2.26. The van der Waals surface area contributed by atoms with Gasteiger partial charge in [0.2, 0.25) is 5.91 Å². The first-order chi connectivity index (χ1) is 9.19. The lowest BCUT2D eigenvalue weighted by Crippen LogP contribution is -2.33. The first-order valence-electron chi connectivity index (χ1n) is 7.14. The Balaban J connectivity index is 1.77. The van der Waals surface area contributed by atoms with Gasteiger partial charge in [0, 0.05) is 30.0 Å². The van der Waals surface area contributed by atoms with Gasteiger partial charge in [0.25, 0.3) is 0 Å². The number of piperidine rings is 1. The lowest BCUT2D eigenvalue weighted by molar-refractivity contribution is -0.116. The Morgan fingerprint density at radius 3 is 2.79 bits per heavy atom. The van der Waals surface area contributed by atoms with Crippen LogP contribution in [0, 0.1) is 5.92 Å². The molecular formula is C15H21N3O. The van der Waals surface area contributed by atoms with Gasteiger partial charge < -0.3 is 16.0 Å². The molecule has 102 valence electrons. The number of anilines is 2. The third-order valence-corrected chi connectivity index (χ3v) is 4.47. The summed E-state index contributed by atoms with van der Waals surface area (Å²) in [5.74, 6) is 0.774. The van der Waals surface area contributed by atoms with Gasteiger partial charge >= 0.3 is 0 Å². The SMILES string of the molecule is CCC1CCN(c2ccc3c(c2)NC(=O)C3N)CC1. The maximum absolute atomic E-state index is 11.6. The summed E-state index contributed by atoms with van der Waals surface area (Å²) in [5, 5.41) is 2.86. The second-order valence-electron chi connectivity index (χ2n) is 5.58. The zero-order valence-corrected chi connectivity index (χ0v) is 11.4. The smallest absolute Gasteiger partial charge is 0.245 e. The number of amides is 1. The summed E-state index contributed by atoms with van der Waals surface area (Å²) in [6.45, 7) is 4.49. The molecule has 2 aliphatic rings. The third kappa shape index (κ3) is 2.21. The Morgan fingerprint density at radius 2 is 2.11 bits per heavy atom. The lowest BCUT2D eigenvalue weighted by atomic mass is 9.94. The zero-order valence-electron chi connectivity index (χ0n) is 11.4. The number of carbonyl (C=O) groups is 1. The molecule has 1 amide bonds. The second-order valence-corrected chi connectivity index (χ2v) is 5.58. The van der Waals surface area contributed by atoms with Crippen LogP contribution in [0.5, 0.6) is 0 Å². The molecule has 0 bridgehead atoms. The van der Waals surface area contributed by atoms with Crippen LogP contribution in [0.1, 0.15) is 37.8 Å². The van der Waals surface area contributed by atoms with Crippen molar-refractivity contribution in [3.05, 3.63) is 23.8 Å². The Kier molecular flexibility index (Phi) is 3.19. The molecule has 0 aliphatic carbocycles. The molecule has 4 heteroatoms. The summed E-state index contributed by atoms with van der Waals surface area (Å²) >= 11 is 0. The zero-order chi connectivity index (χ0) is 13.4. The molecule has 1 aromatic rings. The van der Waals surface area contributed by atoms with Gasteiger partial charge in [-0.2, -0.15) is 0 Å². The van der Waals surface area contributed by atoms with Gasteiger partial charge in [0.05, 0.1) is 0 Å². The van der Waals surface area contributed by atoms with Gasteiger partial charge in [0.15, 0.2) is 0 Å². The van der Waals surface area contributed by atoms with Crippen LogP contribution in [0.3, 0.4) is 0 Å². The molecule has 1 fully saturated rings. The largest absolute Gasteiger partial charge is 0.371 e. The first kappa shape index (κ1) is 12.5. The van der Waals surface area contributed by atoms with E-state index in [-0.39, 0.29) is 5.91 Å². The minimum absolute atomic E-state index is 0.100. The van der Waals surface area contributed by atoms with Gasteiger partial charge in [-0.05, 0) is 30.9 Å². The van der Waals surface area contributed by atoms with Gasteiger partial charge in [0.1, 0.15) is 6.04 Å². The molecule has 0 saturated carbocycles. The molecule has 0 aromatic heterocycles. The van der Waals surface area contributed by atoms with Crippen LogP contribution >= 0.6 is 0 Å². The fourth-order valence-corrected chi connectivity index (χ4v) is 3.07. The number of nitrogens with zero attached hydrogens (tertiary/aromatic N) is 1. The number of benzene rings is 1. The van der Waals surface area contributed by atoms with E-state index in [4.69, 9.17) is 5.73 Å². The second kappa shape index (κ2) is 4.85. The predicted molar refractivity (Wildman–Crippen MR) is 77.2 cm³/mol. The van der Waals surface area contributed by atoms with E-state index < -0.39 is 6.04 Å². The molecule has 3 rings (SSSR count). The highest BCUT2D eigenvalue weighted by Crippen LogP contribution is 2.34. The third-order valence-electron chi connectivity index (χ3n) is 4.47. The highest BCUT2D eigenvalue weighted by molar-refractivity contribution is 6.02. The molecule has 1 unspecified atom stereocenters. The van der Waals surface area contributed by atoms with Crippen LogP contribution in [-0.2, 0) is 4.79 Å². The van der Waals surface area contributed by atoms with E-state index in [1.54, 1.807) is 0 Å². The monoisotopic (exact) mass is 259 g/mol. The molecule has 1 saturated heterocycles. The van der Waals surface area contributed by atoms with E-state index in [1.165, 1.54) is 24.9 Å². The van der Waals surface area contributed by atoms with E-state index in [9.17, 15) is 4.79 Å². The number of rotatable bonds is 2. The summed E-state index contributed by atoms with van der Waals surface area (Å²) in [5.41, 5.74) is 8.82. The van der Waals surface area contributed by atoms with Crippen LogP contribution < -0.4 is 16.0 Å². The number of hydrogen-bond donors (Lipinski definition) is 2. The molecule has 1 atom stereocenters. The number of nitrogens with two attached hydrogens (primary N) is 1. The minimum Gasteiger partial charge on any atom is -0.371 e. The van der Waals surface area contributed by atoms with E-state index in [0.29, 0.717) is 0 Å². The first-order valence-corrected chi connectivity index (χ1v) is 7.14. The average Bonchev–Trinajstić information content (AvgIpc) is 2.74. The van der Waals surface area contributed by atoms with Gasteiger partial charge in [-0.1, -0.05) is 19.4 Å². The van der Waals surface area contributed by atoms with Gasteiger partial charge in [-0.3, -0.25) is 4.79 Å². The van der Waals surface area contributed by atoms with Crippen LogP contribution in [0.4, 0.5) is 11.4 Å². The van der Waals surface area contributed by atoms with Crippen LogP contribution in [-0.4, -0.2) is 19.0 Å². The molecule has 0 spiro atoms. The summed E-state index contributed by atoms with van der Waals surface area (Å²) < 4.78 is 0. The number of carbonyl (C=O) groups excluding carboxylic acids is 1. The van der Waals surface area contributed by atoms with Crippen LogP contribution in [0.2, 0.25) is 0 Å². The number of hydrogen-bond acceptors (Lipinski definition) is 3. The molecule has 2 aliphatic heterocycles. The van der Waals surface area contributed by atoms with Crippen molar-refractivity contribution in [1.29, 1.82) is 0 Å². The van der Waals surface area contributed by atoms with Crippen LogP contribution in [0.25, 0.3) is 0 Å². The summed E-state index contributed by atoms with van der Waals surface area (Å²) in [6, 6.07) is 5.63. The van der Waals surface area contributed by atoms with E-state index >= 15 is 0 Å². The average molecular weight is 259 g/mol. The Labute approximate surface area is 114 Å². The highest BCUT2D eigenvalue weighted by atomic mass is 16.2. The van der Waals surface area contributed by atoms with Crippen LogP contribution in [0.15, 0.2) is 18.2 Å².